The molecule has 1 aliphatic rings. The fourth-order valence-corrected chi connectivity index (χ4v) is 4.11. The number of sulfonamides is 1. The van der Waals surface area contributed by atoms with Gasteiger partial charge in [0.2, 0.25) is 10.0 Å². The Kier molecular flexibility index (Phi) is 6.41. The maximum atomic E-state index is 12.6. The highest BCUT2D eigenvalue weighted by molar-refractivity contribution is 7.89. The molecule has 23 heavy (non-hydrogen) atoms. The number of urea groups is 1. The number of rotatable bonds is 6. The summed E-state index contributed by atoms with van der Waals surface area (Å²) in [5, 5.41) is 5.43. The SMILES string of the molecule is CCCCNC(=O)Nc1cccc(S(=O)(=O)N2CCCCC2)c1. The van der Waals surface area contributed by atoms with Crippen molar-refractivity contribution in [2.75, 3.05) is 25.0 Å². The first-order chi connectivity index (χ1) is 11.0. The van der Waals surface area contributed by atoms with Crippen LogP contribution in [0.5, 0.6) is 0 Å². The van der Waals surface area contributed by atoms with E-state index in [-0.39, 0.29) is 10.9 Å². The average Bonchev–Trinajstić information content (AvgIpc) is 2.56. The Morgan fingerprint density at radius 2 is 1.96 bits per heavy atom. The second-order valence-corrected chi connectivity index (χ2v) is 7.66. The first kappa shape index (κ1) is 17.7. The van der Waals surface area contributed by atoms with Gasteiger partial charge in [0.1, 0.15) is 0 Å². The fraction of sp³-hybridized carbons (Fsp3) is 0.562. The standard InChI is InChI=1S/C16H25N3O3S/c1-2-3-10-17-16(20)18-14-8-7-9-15(13-14)23(21,22)19-11-5-4-6-12-19/h7-9,13H,2-6,10-12H2,1H3,(H2,17,18,20). The number of nitrogens with zero attached hydrogens (tertiary/aromatic N) is 1. The van der Waals surface area contributed by atoms with Gasteiger partial charge in [-0.05, 0) is 37.5 Å². The molecule has 7 heteroatoms. The van der Waals surface area contributed by atoms with Crippen LogP contribution in [-0.2, 0) is 10.0 Å². The predicted octanol–water partition coefficient (Wildman–Crippen LogP) is 2.78. The van der Waals surface area contributed by atoms with Crippen LogP contribution in [0.15, 0.2) is 29.2 Å². The number of amides is 2. The van der Waals surface area contributed by atoms with Crippen molar-refractivity contribution in [1.82, 2.24) is 9.62 Å². The molecule has 1 aromatic carbocycles. The first-order valence-electron chi connectivity index (χ1n) is 8.19. The van der Waals surface area contributed by atoms with Gasteiger partial charge in [-0.15, -0.1) is 0 Å². The number of hydrogen-bond donors (Lipinski definition) is 2. The highest BCUT2D eigenvalue weighted by Gasteiger charge is 2.26. The zero-order valence-electron chi connectivity index (χ0n) is 13.5. The summed E-state index contributed by atoms with van der Waals surface area (Å²) in [5.41, 5.74) is 0.483. The molecule has 0 aromatic heterocycles. The van der Waals surface area contributed by atoms with Crippen molar-refractivity contribution in [2.24, 2.45) is 0 Å². The van der Waals surface area contributed by atoms with Crippen LogP contribution in [-0.4, -0.2) is 38.4 Å². The van der Waals surface area contributed by atoms with E-state index < -0.39 is 10.0 Å². The summed E-state index contributed by atoms with van der Waals surface area (Å²) >= 11 is 0. The molecule has 0 atom stereocenters. The topological polar surface area (TPSA) is 78.5 Å². The van der Waals surface area contributed by atoms with E-state index >= 15 is 0 Å². The summed E-state index contributed by atoms with van der Waals surface area (Å²) in [5.74, 6) is 0. The van der Waals surface area contributed by atoms with Crippen LogP contribution >= 0.6 is 0 Å². The maximum absolute atomic E-state index is 12.6. The van der Waals surface area contributed by atoms with Gasteiger partial charge in [0.05, 0.1) is 4.90 Å². The minimum Gasteiger partial charge on any atom is -0.338 e. The lowest BCUT2D eigenvalue weighted by molar-refractivity contribution is 0.252. The van der Waals surface area contributed by atoms with Gasteiger partial charge in [-0.1, -0.05) is 25.8 Å². The second-order valence-electron chi connectivity index (χ2n) is 5.73. The zero-order valence-corrected chi connectivity index (χ0v) is 14.4. The van der Waals surface area contributed by atoms with Gasteiger partial charge < -0.3 is 10.6 Å². The minimum absolute atomic E-state index is 0.228. The van der Waals surface area contributed by atoms with Gasteiger partial charge in [-0.3, -0.25) is 0 Å². The van der Waals surface area contributed by atoms with Gasteiger partial charge in [0.25, 0.3) is 0 Å². The Balaban J connectivity index is 2.05. The normalized spacial score (nSPS) is 16.0. The predicted molar refractivity (Wildman–Crippen MR) is 91.0 cm³/mol. The van der Waals surface area contributed by atoms with Gasteiger partial charge >= 0.3 is 6.03 Å². The summed E-state index contributed by atoms with van der Waals surface area (Å²) in [4.78, 5) is 12.0. The number of carbonyl (C=O) groups is 1. The molecular formula is C16H25N3O3S. The molecule has 2 N–H and O–H groups in total. The number of hydrogen-bond acceptors (Lipinski definition) is 3. The summed E-state index contributed by atoms with van der Waals surface area (Å²) in [6.45, 7) is 3.79. The van der Waals surface area contributed by atoms with E-state index in [0.717, 1.165) is 32.1 Å². The van der Waals surface area contributed by atoms with Crippen LogP contribution < -0.4 is 10.6 Å². The maximum Gasteiger partial charge on any atom is 0.319 e. The lowest BCUT2D eigenvalue weighted by Crippen LogP contribution is -2.35. The third-order valence-electron chi connectivity index (χ3n) is 3.86. The van der Waals surface area contributed by atoms with Crippen molar-refractivity contribution in [3.05, 3.63) is 24.3 Å². The van der Waals surface area contributed by atoms with E-state index in [1.54, 1.807) is 18.2 Å². The van der Waals surface area contributed by atoms with Crippen LogP contribution in [0.4, 0.5) is 10.5 Å². The highest BCUT2D eigenvalue weighted by atomic mass is 32.2. The van der Waals surface area contributed by atoms with E-state index in [1.807, 2.05) is 0 Å². The largest absolute Gasteiger partial charge is 0.338 e. The van der Waals surface area contributed by atoms with E-state index in [4.69, 9.17) is 0 Å². The van der Waals surface area contributed by atoms with Gasteiger partial charge in [0.15, 0.2) is 0 Å². The Morgan fingerprint density at radius 3 is 2.65 bits per heavy atom. The average molecular weight is 339 g/mol. The van der Waals surface area contributed by atoms with E-state index in [2.05, 4.69) is 17.6 Å². The van der Waals surface area contributed by atoms with Crippen molar-refractivity contribution >= 4 is 21.7 Å². The molecule has 6 nitrogen and oxygen atoms in total. The van der Waals surface area contributed by atoms with Gasteiger partial charge in [-0.25, -0.2) is 13.2 Å². The van der Waals surface area contributed by atoms with Crippen LogP contribution in [0.2, 0.25) is 0 Å². The third-order valence-corrected chi connectivity index (χ3v) is 5.76. The summed E-state index contributed by atoms with van der Waals surface area (Å²) in [6, 6.07) is 6.12. The van der Waals surface area contributed by atoms with Crippen molar-refractivity contribution < 1.29 is 13.2 Å². The monoisotopic (exact) mass is 339 g/mol. The molecule has 0 bridgehead atoms. The summed E-state index contributed by atoms with van der Waals surface area (Å²) < 4.78 is 26.8. The lowest BCUT2D eigenvalue weighted by Gasteiger charge is -2.26. The van der Waals surface area contributed by atoms with Crippen molar-refractivity contribution in [3.63, 3.8) is 0 Å². The number of carbonyl (C=O) groups excluding carboxylic acids is 1. The van der Waals surface area contributed by atoms with E-state index in [0.29, 0.717) is 25.3 Å². The van der Waals surface area contributed by atoms with E-state index in [1.165, 1.54) is 10.4 Å². The van der Waals surface area contributed by atoms with Crippen LogP contribution in [0.25, 0.3) is 0 Å². The number of piperidine rings is 1. The summed E-state index contributed by atoms with van der Waals surface area (Å²) in [7, 11) is -3.48. The van der Waals surface area contributed by atoms with Gasteiger partial charge in [-0.2, -0.15) is 4.31 Å². The van der Waals surface area contributed by atoms with Crippen LogP contribution in [0, 0.1) is 0 Å². The third kappa shape index (κ3) is 4.94. The Labute approximate surface area is 138 Å². The van der Waals surface area contributed by atoms with Crippen LogP contribution in [0.3, 0.4) is 0 Å². The minimum atomic E-state index is -3.48. The molecule has 1 fully saturated rings. The van der Waals surface area contributed by atoms with Crippen molar-refractivity contribution in [3.8, 4) is 0 Å². The number of nitrogens with one attached hydrogen (secondary N) is 2. The molecule has 1 aromatic rings. The molecule has 2 amide bonds. The zero-order chi connectivity index (χ0) is 16.7. The second kappa shape index (κ2) is 8.31. The quantitative estimate of drug-likeness (QED) is 0.782. The Hall–Kier alpha value is -1.60. The molecule has 0 aliphatic carbocycles. The first-order valence-corrected chi connectivity index (χ1v) is 9.63. The van der Waals surface area contributed by atoms with Gasteiger partial charge in [0, 0.05) is 25.3 Å². The smallest absolute Gasteiger partial charge is 0.319 e. The molecule has 1 heterocycles. The lowest BCUT2D eigenvalue weighted by atomic mass is 10.2. The Bertz CT molecular complexity index is 625. The summed E-state index contributed by atoms with van der Waals surface area (Å²) in [6.07, 6.45) is 4.79. The molecule has 1 saturated heterocycles. The van der Waals surface area contributed by atoms with Crippen molar-refractivity contribution in [1.29, 1.82) is 0 Å². The molecule has 128 valence electrons. The highest BCUT2D eigenvalue weighted by Crippen LogP contribution is 2.22. The van der Waals surface area contributed by atoms with Crippen molar-refractivity contribution in [2.45, 2.75) is 43.9 Å². The molecule has 0 unspecified atom stereocenters. The van der Waals surface area contributed by atoms with E-state index in [9.17, 15) is 13.2 Å². The Morgan fingerprint density at radius 1 is 1.22 bits per heavy atom. The molecular weight excluding hydrogens is 314 g/mol. The number of anilines is 1. The molecule has 2 rings (SSSR count). The molecule has 0 spiro atoms. The molecule has 0 radical (unpaired) electrons. The fourth-order valence-electron chi connectivity index (χ4n) is 2.54. The molecule has 1 aliphatic heterocycles. The molecule has 0 saturated carbocycles. The number of unbranched alkanes of at least 4 members (excludes halogenated alkanes) is 1. The van der Waals surface area contributed by atoms with Crippen LogP contribution in [0.1, 0.15) is 39.0 Å². The number of benzene rings is 1.